The van der Waals surface area contributed by atoms with Crippen molar-refractivity contribution in [2.45, 2.75) is 32.4 Å². The number of halogens is 1. The van der Waals surface area contributed by atoms with Gasteiger partial charge in [-0.05, 0) is 32.4 Å². The molecule has 0 saturated heterocycles. The lowest BCUT2D eigenvalue weighted by atomic mass is 10.1. The Balaban J connectivity index is 2.74. The molecule has 0 spiro atoms. The molecule has 5 heteroatoms. The maximum Gasteiger partial charge on any atom is 0.408 e. The second-order valence-corrected chi connectivity index (χ2v) is 5.31. The first-order valence-corrected chi connectivity index (χ1v) is 6.06. The second kappa shape index (κ2) is 6.07. The Morgan fingerprint density at radius 1 is 1.44 bits per heavy atom. The molecule has 1 rings (SSSR count). The molecule has 0 aromatic heterocycles. The first kappa shape index (κ1) is 14.8. The first-order valence-electron chi connectivity index (χ1n) is 5.68. The van der Waals surface area contributed by atoms with Crippen LogP contribution in [-0.4, -0.2) is 23.4 Å². The van der Waals surface area contributed by atoms with Gasteiger partial charge < -0.3 is 15.2 Å². The Morgan fingerprint density at radius 3 is 2.56 bits per heavy atom. The van der Waals surface area contributed by atoms with Crippen molar-refractivity contribution in [1.82, 2.24) is 5.32 Å². The minimum atomic E-state index is -0.582. The predicted molar refractivity (Wildman–Crippen MR) is 70.6 cm³/mol. The van der Waals surface area contributed by atoms with E-state index in [2.05, 4.69) is 5.32 Å². The van der Waals surface area contributed by atoms with Gasteiger partial charge in [-0.25, -0.2) is 4.79 Å². The lowest BCUT2D eigenvalue weighted by molar-refractivity contribution is 0.0482. The van der Waals surface area contributed by atoms with E-state index in [-0.39, 0.29) is 6.61 Å². The minimum absolute atomic E-state index is 0.247. The van der Waals surface area contributed by atoms with E-state index in [9.17, 15) is 9.90 Å². The number of hydrogen-bond acceptors (Lipinski definition) is 3. The molecule has 1 atom stereocenters. The average Bonchev–Trinajstić information content (AvgIpc) is 2.24. The van der Waals surface area contributed by atoms with Crippen LogP contribution in [0, 0.1) is 0 Å². The molecule has 2 N–H and O–H groups in total. The number of amides is 1. The van der Waals surface area contributed by atoms with E-state index in [1.807, 2.05) is 0 Å². The maximum atomic E-state index is 11.6. The van der Waals surface area contributed by atoms with Gasteiger partial charge in [0.05, 0.1) is 12.6 Å². The van der Waals surface area contributed by atoms with E-state index in [0.717, 1.165) is 0 Å². The van der Waals surface area contributed by atoms with Gasteiger partial charge in [-0.2, -0.15) is 0 Å². The number of carbonyl (C=O) groups excluding carboxylic acids is 1. The van der Waals surface area contributed by atoms with Crippen molar-refractivity contribution >= 4 is 17.7 Å². The summed E-state index contributed by atoms with van der Waals surface area (Å²) < 4.78 is 5.13. The van der Waals surface area contributed by atoms with Gasteiger partial charge in [-0.3, -0.25) is 0 Å². The summed E-state index contributed by atoms with van der Waals surface area (Å²) in [6.45, 7) is 5.07. The summed E-state index contributed by atoms with van der Waals surface area (Å²) in [5.74, 6) is 0. The van der Waals surface area contributed by atoms with Gasteiger partial charge in [0.1, 0.15) is 5.60 Å². The van der Waals surface area contributed by atoms with Gasteiger partial charge in [0.2, 0.25) is 0 Å². The van der Waals surface area contributed by atoms with Gasteiger partial charge >= 0.3 is 6.09 Å². The Hall–Kier alpha value is -1.26. The zero-order chi connectivity index (χ0) is 13.8. The fourth-order valence-electron chi connectivity index (χ4n) is 1.43. The van der Waals surface area contributed by atoms with E-state index in [1.165, 1.54) is 0 Å². The van der Waals surface area contributed by atoms with Crippen molar-refractivity contribution in [2.75, 3.05) is 6.61 Å². The number of nitrogens with one attached hydrogen (secondary N) is 1. The highest BCUT2D eigenvalue weighted by atomic mass is 35.5. The largest absolute Gasteiger partial charge is 0.444 e. The summed E-state index contributed by atoms with van der Waals surface area (Å²) in [5, 5.41) is 12.4. The number of hydrogen-bond donors (Lipinski definition) is 2. The van der Waals surface area contributed by atoms with Crippen LogP contribution < -0.4 is 5.32 Å². The molecule has 0 bridgehead atoms. The molecular formula is C13H18ClNO3. The van der Waals surface area contributed by atoms with Crippen molar-refractivity contribution in [3.05, 3.63) is 34.9 Å². The second-order valence-electron chi connectivity index (χ2n) is 4.90. The van der Waals surface area contributed by atoms with E-state index in [0.29, 0.717) is 10.6 Å². The van der Waals surface area contributed by atoms with E-state index >= 15 is 0 Å². The maximum absolute atomic E-state index is 11.6. The lowest BCUT2D eigenvalue weighted by Crippen LogP contribution is -2.36. The first-order chi connectivity index (χ1) is 8.33. The summed E-state index contributed by atoms with van der Waals surface area (Å²) in [7, 11) is 0. The molecule has 1 amide bonds. The molecule has 0 aliphatic heterocycles. The van der Waals surface area contributed by atoms with Crippen LogP contribution in [0.2, 0.25) is 5.02 Å². The summed E-state index contributed by atoms with van der Waals surface area (Å²) >= 11 is 6.01. The summed E-state index contributed by atoms with van der Waals surface area (Å²) in [6.07, 6.45) is -0.582. The number of aliphatic hydroxyl groups is 1. The van der Waals surface area contributed by atoms with E-state index in [4.69, 9.17) is 16.3 Å². The quantitative estimate of drug-likeness (QED) is 0.889. The number of carbonyl (C=O) groups is 1. The topological polar surface area (TPSA) is 58.6 Å². The number of aliphatic hydroxyl groups excluding tert-OH is 1. The predicted octanol–water partition coefficient (Wildman–Crippen LogP) is 2.90. The van der Waals surface area contributed by atoms with Gasteiger partial charge in [-0.15, -0.1) is 0 Å². The van der Waals surface area contributed by atoms with Gasteiger partial charge in [0.25, 0.3) is 0 Å². The SMILES string of the molecule is CC(C)(C)OC(=O)NC(CO)c1ccccc1Cl. The molecule has 1 aromatic carbocycles. The Labute approximate surface area is 112 Å². The molecule has 1 unspecified atom stereocenters. The zero-order valence-electron chi connectivity index (χ0n) is 10.7. The summed E-state index contributed by atoms with van der Waals surface area (Å²) in [4.78, 5) is 11.6. The molecule has 100 valence electrons. The highest BCUT2D eigenvalue weighted by Gasteiger charge is 2.21. The highest BCUT2D eigenvalue weighted by molar-refractivity contribution is 6.31. The van der Waals surface area contributed by atoms with Crippen LogP contribution in [0.1, 0.15) is 32.4 Å². The van der Waals surface area contributed by atoms with Crippen LogP contribution in [0.25, 0.3) is 0 Å². The minimum Gasteiger partial charge on any atom is -0.444 e. The fourth-order valence-corrected chi connectivity index (χ4v) is 1.70. The third-order valence-electron chi connectivity index (χ3n) is 2.15. The lowest BCUT2D eigenvalue weighted by Gasteiger charge is -2.23. The third kappa shape index (κ3) is 4.55. The fraction of sp³-hybridized carbons (Fsp3) is 0.462. The molecule has 0 radical (unpaired) electrons. The number of benzene rings is 1. The van der Waals surface area contributed by atoms with Crippen LogP contribution in [0.4, 0.5) is 4.79 Å². The molecule has 0 aliphatic rings. The molecule has 0 heterocycles. The Kier molecular flexibility index (Phi) is 4.99. The molecular weight excluding hydrogens is 254 g/mol. The summed E-state index contributed by atoms with van der Waals surface area (Å²) in [6, 6.07) is 6.46. The Bertz CT molecular complexity index is 415. The normalized spacial score (nSPS) is 12.9. The molecule has 18 heavy (non-hydrogen) atoms. The van der Waals surface area contributed by atoms with Crippen molar-refractivity contribution in [3.8, 4) is 0 Å². The van der Waals surface area contributed by atoms with Crippen LogP contribution in [0.3, 0.4) is 0 Å². The van der Waals surface area contributed by atoms with E-state index in [1.54, 1.807) is 45.0 Å². The molecule has 1 aromatic rings. The van der Waals surface area contributed by atoms with Gasteiger partial charge in [0.15, 0.2) is 0 Å². The van der Waals surface area contributed by atoms with Gasteiger partial charge in [-0.1, -0.05) is 29.8 Å². The highest BCUT2D eigenvalue weighted by Crippen LogP contribution is 2.22. The smallest absolute Gasteiger partial charge is 0.408 e. The number of ether oxygens (including phenoxy) is 1. The summed E-state index contributed by atoms with van der Waals surface area (Å²) in [5.41, 5.74) is 0.0809. The van der Waals surface area contributed by atoms with Crippen LogP contribution in [0.15, 0.2) is 24.3 Å². The Morgan fingerprint density at radius 2 is 2.06 bits per heavy atom. The zero-order valence-corrected chi connectivity index (χ0v) is 11.5. The van der Waals surface area contributed by atoms with Crippen molar-refractivity contribution in [3.63, 3.8) is 0 Å². The average molecular weight is 272 g/mol. The van der Waals surface area contributed by atoms with Crippen molar-refractivity contribution < 1.29 is 14.6 Å². The van der Waals surface area contributed by atoms with Crippen LogP contribution in [-0.2, 0) is 4.74 Å². The van der Waals surface area contributed by atoms with Crippen LogP contribution in [0.5, 0.6) is 0 Å². The molecule has 0 fully saturated rings. The molecule has 0 aliphatic carbocycles. The van der Waals surface area contributed by atoms with Gasteiger partial charge in [0, 0.05) is 5.02 Å². The van der Waals surface area contributed by atoms with Crippen molar-refractivity contribution in [2.24, 2.45) is 0 Å². The molecule has 0 saturated carbocycles. The monoisotopic (exact) mass is 271 g/mol. The third-order valence-corrected chi connectivity index (χ3v) is 2.50. The van der Waals surface area contributed by atoms with Crippen molar-refractivity contribution in [1.29, 1.82) is 0 Å². The molecule has 4 nitrogen and oxygen atoms in total. The number of alkyl carbamates (subject to hydrolysis) is 1. The van der Waals surface area contributed by atoms with E-state index < -0.39 is 17.7 Å². The standard InChI is InChI=1S/C13H18ClNO3/c1-13(2,3)18-12(17)15-11(8-16)9-6-4-5-7-10(9)14/h4-7,11,16H,8H2,1-3H3,(H,15,17). The van der Waals surface area contributed by atoms with Crippen LogP contribution >= 0.6 is 11.6 Å². The number of rotatable bonds is 3.